The predicted molar refractivity (Wildman–Crippen MR) is 193 cm³/mol. The van der Waals surface area contributed by atoms with Crippen molar-refractivity contribution in [2.75, 3.05) is 0 Å². The van der Waals surface area contributed by atoms with Gasteiger partial charge >= 0.3 is 0 Å². The second-order valence-corrected chi connectivity index (χ2v) is 12.8. The molecule has 0 saturated carbocycles. The van der Waals surface area contributed by atoms with E-state index in [1.807, 2.05) is 36.4 Å². The first-order chi connectivity index (χ1) is 24.3. The van der Waals surface area contributed by atoms with Gasteiger partial charge in [0.25, 0.3) is 0 Å². The number of nitrogens with one attached hydrogen (secondary N) is 2. The van der Waals surface area contributed by atoms with Gasteiger partial charge in [0.1, 0.15) is 35.0 Å². The molecule has 6 aromatic carbocycles. The van der Waals surface area contributed by atoms with Gasteiger partial charge in [0, 0.05) is 22.3 Å². The average Bonchev–Trinajstić information content (AvgIpc) is 3.79. The molecule has 0 fully saturated rings. The lowest BCUT2D eigenvalue weighted by atomic mass is 9.66. The molecular formula is C44H31N3O2. The van der Waals surface area contributed by atoms with Crippen LogP contribution in [0.4, 0.5) is 0 Å². The number of para-hydroxylation sites is 1. The number of hydrogen-bond donors (Lipinski definition) is 2. The quantitative estimate of drug-likeness (QED) is 0.203. The maximum Gasteiger partial charge on any atom is 0.162 e. The lowest BCUT2D eigenvalue weighted by Gasteiger charge is -2.39. The van der Waals surface area contributed by atoms with Crippen molar-refractivity contribution in [3.63, 3.8) is 0 Å². The van der Waals surface area contributed by atoms with Crippen molar-refractivity contribution in [3.05, 3.63) is 203 Å². The zero-order valence-corrected chi connectivity index (χ0v) is 26.5. The van der Waals surface area contributed by atoms with E-state index in [2.05, 4.69) is 138 Å². The molecule has 234 valence electrons. The van der Waals surface area contributed by atoms with Gasteiger partial charge in [-0.15, -0.1) is 0 Å². The summed E-state index contributed by atoms with van der Waals surface area (Å²) < 4.78 is 13.3. The van der Waals surface area contributed by atoms with Crippen LogP contribution in [0.5, 0.6) is 11.5 Å². The van der Waals surface area contributed by atoms with E-state index in [-0.39, 0.29) is 12.3 Å². The molecule has 2 atom stereocenters. The van der Waals surface area contributed by atoms with Crippen LogP contribution in [0.3, 0.4) is 0 Å². The first kappa shape index (κ1) is 27.9. The Bertz CT molecular complexity index is 2350. The van der Waals surface area contributed by atoms with Gasteiger partial charge in [0.15, 0.2) is 6.17 Å². The second kappa shape index (κ2) is 10.9. The summed E-state index contributed by atoms with van der Waals surface area (Å²) in [6.07, 6.45) is -0.529. The van der Waals surface area contributed by atoms with Gasteiger partial charge < -0.3 is 14.5 Å². The number of rotatable bonds is 4. The van der Waals surface area contributed by atoms with Crippen molar-refractivity contribution in [3.8, 4) is 33.9 Å². The molecule has 5 heteroatoms. The van der Waals surface area contributed by atoms with Crippen molar-refractivity contribution in [2.45, 2.75) is 17.7 Å². The summed E-state index contributed by atoms with van der Waals surface area (Å²) in [5, 5.41) is 7.25. The van der Waals surface area contributed by atoms with E-state index in [1.165, 1.54) is 22.3 Å². The molecule has 0 amide bonds. The molecule has 2 aliphatic heterocycles. The Labute approximate surface area is 284 Å². The molecule has 0 radical (unpaired) electrons. The number of ether oxygens (including phenoxy) is 1. The monoisotopic (exact) mass is 633 g/mol. The fraction of sp³-hybridized carbons (Fsp3) is 0.0682. The highest BCUT2D eigenvalue weighted by Gasteiger charge is 2.51. The molecule has 5 nitrogen and oxygen atoms in total. The fourth-order valence-corrected chi connectivity index (χ4v) is 7.93. The molecule has 1 spiro atoms. The maximum absolute atomic E-state index is 6.69. The highest BCUT2D eigenvalue weighted by atomic mass is 16.5. The van der Waals surface area contributed by atoms with E-state index in [4.69, 9.17) is 14.1 Å². The van der Waals surface area contributed by atoms with E-state index in [0.29, 0.717) is 0 Å². The molecule has 3 aliphatic rings. The summed E-state index contributed by atoms with van der Waals surface area (Å²) in [5.41, 5.74) is 9.88. The van der Waals surface area contributed by atoms with E-state index in [1.54, 1.807) is 0 Å². The summed E-state index contributed by atoms with van der Waals surface area (Å²) in [6.45, 7) is 0. The molecule has 2 unspecified atom stereocenters. The number of nitrogens with zero attached hydrogens (tertiary/aromatic N) is 1. The van der Waals surface area contributed by atoms with Gasteiger partial charge in [0.2, 0.25) is 0 Å². The van der Waals surface area contributed by atoms with E-state index < -0.39 is 5.41 Å². The van der Waals surface area contributed by atoms with Gasteiger partial charge in [-0.3, -0.25) is 5.32 Å². The van der Waals surface area contributed by atoms with Crippen molar-refractivity contribution >= 4 is 5.84 Å². The number of fused-ring (bicyclic) bond motifs is 9. The molecule has 10 rings (SSSR count). The zero-order chi connectivity index (χ0) is 32.4. The average molecular weight is 634 g/mol. The summed E-state index contributed by atoms with van der Waals surface area (Å²) in [5.74, 6) is 4.08. The number of furan rings is 1. The molecule has 0 saturated heterocycles. The molecule has 2 N–H and O–H groups in total. The number of aliphatic imine (C=N–C) groups is 1. The number of benzene rings is 6. The Hall–Kier alpha value is -6.17. The molecule has 1 aromatic heterocycles. The zero-order valence-electron chi connectivity index (χ0n) is 26.5. The summed E-state index contributed by atoms with van der Waals surface area (Å²) in [7, 11) is 0. The third-order valence-corrected chi connectivity index (χ3v) is 10.1. The van der Waals surface area contributed by atoms with Crippen molar-refractivity contribution in [1.82, 2.24) is 10.6 Å². The minimum absolute atomic E-state index is 0.143. The van der Waals surface area contributed by atoms with Crippen molar-refractivity contribution in [1.29, 1.82) is 0 Å². The van der Waals surface area contributed by atoms with E-state index in [0.717, 1.165) is 56.7 Å². The maximum atomic E-state index is 6.69. The smallest absolute Gasteiger partial charge is 0.162 e. The van der Waals surface area contributed by atoms with E-state index >= 15 is 0 Å². The third kappa shape index (κ3) is 4.26. The Morgan fingerprint density at radius 1 is 0.531 bits per heavy atom. The van der Waals surface area contributed by atoms with Gasteiger partial charge in [0.05, 0.1) is 5.41 Å². The van der Waals surface area contributed by atoms with Crippen LogP contribution in [-0.2, 0) is 5.41 Å². The first-order valence-electron chi connectivity index (χ1n) is 16.7. The summed E-state index contributed by atoms with van der Waals surface area (Å²) in [6, 6.07) is 57.2. The van der Waals surface area contributed by atoms with Gasteiger partial charge in [-0.25, -0.2) is 4.99 Å². The summed E-state index contributed by atoms with van der Waals surface area (Å²) >= 11 is 0. The van der Waals surface area contributed by atoms with Gasteiger partial charge in [-0.2, -0.15) is 0 Å². The van der Waals surface area contributed by atoms with Crippen LogP contribution >= 0.6 is 0 Å². The third-order valence-electron chi connectivity index (χ3n) is 10.1. The number of amidine groups is 1. The molecule has 49 heavy (non-hydrogen) atoms. The largest absolute Gasteiger partial charge is 0.457 e. The minimum atomic E-state index is -0.531. The summed E-state index contributed by atoms with van der Waals surface area (Å²) in [4.78, 5) is 5.09. The normalized spacial score (nSPS) is 17.9. The van der Waals surface area contributed by atoms with Crippen LogP contribution in [0, 0.1) is 0 Å². The van der Waals surface area contributed by atoms with Crippen LogP contribution < -0.4 is 15.4 Å². The van der Waals surface area contributed by atoms with Gasteiger partial charge in [-0.1, -0.05) is 127 Å². The standard InChI is InChI=1S/C44H31N3O2/c1-3-13-28(14-4-1)41-45-42(29-15-5-2-6-16-29)47-43(46-41)40-26-25-37(48-40)30-23-24-39-36(27-30)44(35-21-11-12-22-38(35)49-39)33-19-9-7-17-31(33)32-18-8-10-20-34(32)44/h1-27,41,43,46H,(H,45,47). The fourth-order valence-electron chi connectivity index (χ4n) is 7.93. The van der Waals surface area contributed by atoms with Crippen LogP contribution in [0.1, 0.15) is 51.5 Å². The van der Waals surface area contributed by atoms with Crippen LogP contribution in [0.15, 0.2) is 173 Å². The van der Waals surface area contributed by atoms with Crippen LogP contribution in [-0.4, -0.2) is 5.84 Å². The van der Waals surface area contributed by atoms with Crippen molar-refractivity contribution < 1.29 is 9.15 Å². The minimum Gasteiger partial charge on any atom is -0.457 e. The molecule has 0 bridgehead atoms. The lowest BCUT2D eigenvalue weighted by Crippen LogP contribution is -2.44. The Morgan fingerprint density at radius 3 is 1.92 bits per heavy atom. The predicted octanol–water partition coefficient (Wildman–Crippen LogP) is 9.75. The lowest BCUT2D eigenvalue weighted by molar-refractivity contribution is 0.357. The topological polar surface area (TPSA) is 58.8 Å². The number of hydrogen-bond acceptors (Lipinski definition) is 5. The van der Waals surface area contributed by atoms with Crippen molar-refractivity contribution in [2.24, 2.45) is 4.99 Å². The molecule has 7 aromatic rings. The Morgan fingerprint density at radius 2 is 1.16 bits per heavy atom. The Balaban J connectivity index is 1.10. The second-order valence-electron chi connectivity index (χ2n) is 12.8. The SMILES string of the molecule is c1ccc(C2=NC(c3ccc(-c4ccc5c(c4)C4(c6ccccc6O5)c5ccccc5-c5ccccc54)o3)NC(c3ccccc3)N2)cc1. The molecular weight excluding hydrogens is 603 g/mol. The van der Waals surface area contributed by atoms with Crippen LogP contribution in [0.25, 0.3) is 22.5 Å². The highest BCUT2D eigenvalue weighted by molar-refractivity contribution is 5.99. The van der Waals surface area contributed by atoms with E-state index in [9.17, 15) is 0 Å². The van der Waals surface area contributed by atoms with Crippen LogP contribution in [0.2, 0.25) is 0 Å². The highest BCUT2D eigenvalue weighted by Crippen LogP contribution is 2.62. The molecule has 3 heterocycles. The first-order valence-corrected chi connectivity index (χ1v) is 16.7. The van der Waals surface area contributed by atoms with Gasteiger partial charge in [-0.05, 0) is 64.2 Å². The Kier molecular flexibility index (Phi) is 6.23. The molecule has 1 aliphatic carbocycles.